The third kappa shape index (κ3) is 4.04. The summed E-state index contributed by atoms with van der Waals surface area (Å²) in [6.45, 7) is 3.89. The van der Waals surface area contributed by atoms with Crippen LogP contribution in [-0.4, -0.2) is 23.6 Å². The second kappa shape index (κ2) is 6.72. The predicted molar refractivity (Wildman–Crippen MR) is 81.7 cm³/mol. The van der Waals surface area contributed by atoms with E-state index in [1.54, 1.807) is 0 Å². The SMILES string of the molecule is COc1ccc(F)cc1C(=O)CSc1cc(C)cc(C)n1. The first-order valence-corrected chi connectivity index (χ1v) is 7.43. The fourth-order valence-corrected chi connectivity index (χ4v) is 2.91. The van der Waals surface area contributed by atoms with Crippen molar-refractivity contribution in [3.63, 3.8) is 0 Å². The van der Waals surface area contributed by atoms with Crippen LogP contribution in [0.3, 0.4) is 0 Å². The van der Waals surface area contributed by atoms with Gasteiger partial charge in [-0.05, 0) is 49.7 Å². The number of rotatable bonds is 5. The van der Waals surface area contributed by atoms with Crippen LogP contribution in [0.5, 0.6) is 5.75 Å². The Morgan fingerprint density at radius 3 is 2.71 bits per heavy atom. The number of carbonyl (C=O) groups excluding carboxylic acids is 1. The first kappa shape index (κ1) is 15.5. The number of aromatic nitrogens is 1. The van der Waals surface area contributed by atoms with Crippen molar-refractivity contribution in [1.82, 2.24) is 4.98 Å². The summed E-state index contributed by atoms with van der Waals surface area (Å²) in [5.41, 5.74) is 2.27. The minimum Gasteiger partial charge on any atom is -0.496 e. The van der Waals surface area contributed by atoms with Gasteiger partial charge in [-0.15, -0.1) is 0 Å². The van der Waals surface area contributed by atoms with Crippen molar-refractivity contribution in [2.45, 2.75) is 18.9 Å². The number of methoxy groups -OCH3 is 1. The molecule has 110 valence electrons. The lowest BCUT2D eigenvalue weighted by Crippen LogP contribution is -2.06. The van der Waals surface area contributed by atoms with Gasteiger partial charge in [-0.2, -0.15) is 0 Å². The number of thioether (sulfide) groups is 1. The molecule has 0 bridgehead atoms. The van der Waals surface area contributed by atoms with Crippen LogP contribution < -0.4 is 4.74 Å². The van der Waals surface area contributed by atoms with Crippen molar-refractivity contribution in [3.05, 3.63) is 53.0 Å². The molecule has 3 nitrogen and oxygen atoms in total. The predicted octanol–water partition coefficient (Wildman–Crippen LogP) is 3.82. The minimum atomic E-state index is -0.450. The van der Waals surface area contributed by atoms with E-state index in [0.717, 1.165) is 16.3 Å². The zero-order valence-electron chi connectivity index (χ0n) is 12.1. The molecule has 1 aromatic heterocycles. The van der Waals surface area contributed by atoms with Crippen LogP contribution in [-0.2, 0) is 0 Å². The van der Waals surface area contributed by atoms with Gasteiger partial charge in [0.25, 0.3) is 0 Å². The molecule has 2 rings (SSSR count). The molecule has 1 heterocycles. The number of benzene rings is 1. The fourth-order valence-electron chi connectivity index (χ4n) is 1.99. The number of pyridine rings is 1. The molecule has 0 N–H and O–H groups in total. The topological polar surface area (TPSA) is 39.2 Å². The lowest BCUT2D eigenvalue weighted by atomic mass is 10.1. The maximum Gasteiger partial charge on any atom is 0.176 e. The van der Waals surface area contributed by atoms with E-state index >= 15 is 0 Å². The molecule has 0 unspecified atom stereocenters. The molecule has 0 spiro atoms. The van der Waals surface area contributed by atoms with Crippen LogP contribution in [0.1, 0.15) is 21.6 Å². The van der Waals surface area contributed by atoms with Crippen LogP contribution in [0.25, 0.3) is 0 Å². The second-order valence-corrected chi connectivity index (χ2v) is 5.68. The summed E-state index contributed by atoms with van der Waals surface area (Å²) in [6, 6.07) is 7.84. The van der Waals surface area contributed by atoms with Gasteiger partial charge in [0.1, 0.15) is 11.6 Å². The number of hydrogen-bond acceptors (Lipinski definition) is 4. The Morgan fingerprint density at radius 1 is 1.29 bits per heavy atom. The van der Waals surface area contributed by atoms with Crippen LogP contribution >= 0.6 is 11.8 Å². The first-order chi connectivity index (χ1) is 9.99. The number of hydrogen-bond donors (Lipinski definition) is 0. The van der Waals surface area contributed by atoms with E-state index in [2.05, 4.69) is 4.98 Å². The summed E-state index contributed by atoms with van der Waals surface area (Å²) in [5, 5.41) is 0.788. The van der Waals surface area contributed by atoms with Gasteiger partial charge in [0.2, 0.25) is 0 Å². The van der Waals surface area contributed by atoms with Crippen molar-refractivity contribution in [2.24, 2.45) is 0 Å². The molecule has 2 aromatic rings. The van der Waals surface area contributed by atoms with Crippen LogP contribution in [0, 0.1) is 19.7 Å². The van der Waals surface area contributed by atoms with Crippen LogP contribution in [0.15, 0.2) is 35.4 Å². The van der Waals surface area contributed by atoms with E-state index in [9.17, 15) is 9.18 Å². The summed E-state index contributed by atoms with van der Waals surface area (Å²) in [6.07, 6.45) is 0. The summed E-state index contributed by atoms with van der Waals surface area (Å²) < 4.78 is 18.4. The fraction of sp³-hybridized carbons (Fsp3) is 0.250. The Hall–Kier alpha value is -1.88. The highest BCUT2D eigenvalue weighted by Gasteiger charge is 2.14. The molecule has 21 heavy (non-hydrogen) atoms. The van der Waals surface area contributed by atoms with E-state index in [1.165, 1.54) is 37.1 Å². The zero-order chi connectivity index (χ0) is 15.4. The monoisotopic (exact) mass is 305 g/mol. The Morgan fingerprint density at radius 2 is 2.05 bits per heavy atom. The first-order valence-electron chi connectivity index (χ1n) is 6.44. The van der Waals surface area contributed by atoms with Gasteiger partial charge in [0.05, 0.1) is 23.5 Å². The number of carbonyl (C=O) groups is 1. The Kier molecular flexibility index (Phi) is 4.96. The smallest absolute Gasteiger partial charge is 0.176 e. The zero-order valence-corrected chi connectivity index (χ0v) is 13.0. The molecule has 0 atom stereocenters. The summed E-state index contributed by atoms with van der Waals surface area (Å²) >= 11 is 1.34. The van der Waals surface area contributed by atoms with Gasteiger partial charge in [-0.1, -0.05) is 11.8 Å². The number of ether oxygens (including phenoxy) is 1. The minimum absolute atomic E-state index is 0.183. The van der Waals surface area contributed by atoms with Crippen molar-refractivity contribution in [3.8, 4) is 5.75 Å². The van der Waals surface area contributed by atoms with Crippen molar-refractivity contribution in [2.75, 3.05) is 12.9 Å². The molecule has 0 aliphatic heterocycles. The average molecular weight is 305 g/mol. The molecule has 0 radical (unpaired) electrons. The van der Waals surface area contributed by atoms with E-state index in [0.29, 0.717) is 5.75 Å². The van der Waals surface area contributed by atoms with E-state index in [-0.39, 0.29) is 17.1 Å². The molecule has 0 amide bonds. The Labute approximate surface area is 127 Å². The quantitative estimate of drug-likeness (QED) is 0.622. The van der Waals surface area contributed by atoms with E-state index < -0.39 is 5.82 Å². The van der Waals surface area contributed by atoms with Crippen molar-refractivity contribution >= 4 is 17.5 Å². The lowest BCUT2D eigenvalue weighted by Gasteiger charge is -2.08. The highest BCUT2D eigenvalue weighted by molar-refractivity contribution is 7.99. The maximum absolute atomic E-state index is 13.3. The highest BCUT2D eigenvalue weighted by Crippen LogP contribution is 2.24. The Bertz CT molecular complexity index is 653. The summed E-state index contributed by atoms with van der Waals surface area (Å²) in [5.74, 6) is -0.0585. The molecule has 0 aliphatic carbocycles. The van der Waals surface area contributed by atoms with Crippen molar-refractivity contribution < 1.29 is 13.9 Å². The highest BCUT2D eigenvalue weighted by atomic mass is 32.2. The van der Waals surface area contributed by atoms with Crippen LogP contribution in [0.4, 0.5) is 4.39 Å². The maximum atomic E-state index is 13.3. The summed E-state index contributed by atoms with van der Waals surface area (Å²) in [4.78, 5) is 16.6. The van der Waals surface area contributed by atoms with Gasteiger partial charge < -0.3 is 4.74 Å². The lowest BCUT2D eigenvalue weighted by molar-refractivity contribution is 0.101. The van der Waals surface area contributed by atoms with E-state index in [4.69, 9.17) is 4.74 Å². The van der Waals surface area contributed by atoms with Gasteiger partial charge in [0, 0.05) is 5.69 Å². The molecule has 1 aromatic carbocycles. The van der Waals surface area contributed by atoms with Gasteiger partial charge in [-0.25, -0.2) is 9.37 Å². The molecular weight excluding hydrogens is 289 g/mol. The van der Waals surface area contributed by atoms with E-state index in [1.807, 2.05) is 26.0 Å². The number of halogens is 1. The largest absolute Gasteiger partial charge is 0.496 e. The molecule has 0 saturated heterocycles. The van der Waals surface area contributed by atoms with Gasteiger partial charge in [-0.3, -0.25) is 4.79 Å². The molecule has 0 aliphatic rings. The molecule has 5 heteroatoms. The molecular formula is C16H16FNO2S. The number of nitrogens with zero attached hydrogens (tertiary/aromatic N) is 1. The van der Waals surface area contributed by atoms with Crippen molar-refractivity contribution in [1.29, 1.82) is 0 Å². The standard InChI is InChI=1S/C16H16FNO2S/c1-10-6-11(2)18-16(7-10)21-9-14(19)13-8-12(17)4-5-15(13)20-3/h4-8H,9H2,1-3H3. The van der Waals surface area contributed by atoms with Crippen LogP contribution in [0.2, 0.25) is 0 Å². The Balaban J connectivity index is 2.13. The number of Topliss-reactive ketones (excluding diaryl/α,β-unsaturated/α-hetero) is 1. The average Bonchev–Trinajstić information content (AvgIpc) is 2.43. The molecule has 0 fully saturated rings. The second-order valence-electron chi connectivity index (χ2n) is 4.68. The normalized spacial score (nSPS) is 10.5. The third-order valence-electron chi connectivity index (χ3n) is 2.89. The summed E-state index contributed by atoms with van der Waals surface area (Å²) in [7, 11) is 1.46. The number of ketones is 1. The molecule has 0 saturated carbocycles. The third-order valence-corrected chi connectivity index (χ3v) is 3.80. The number of aryl methyl sites for hydroxylation is 2. The van der Waals surface area contributed by atoms with Gasteiger partial charge in [0.15, 0.2) is 5.78 Å². The van der Waals surface area contributed by atoms with Gasteiger partial charge >= 0.3 is 0 Å².